The predicted octanol–water partition coefficient (Wildman–Crippen LogP) is 2.06. The Hall–Kier alpha value is -2.27. The van der Waals surface area contributed by atoms with E-state index in [9.17, 15) is 4.79 Å². The molecule has 2 aromatic rings. The van der Waals surface area contributed by atoms with Crippen LogP contribution in [0.2, 0.25) is 0 Å². The molecule has 0 aliphatic heterocycles. The fourth-order valence-corrected chi connectivity index (χ4v) is 2.39. The van der Waals surface area contributed by atoms with Crippen molar-refractivity contribution in [2.75, 3.05) is 20.8 Å². The molecule has 0 bridgehead atoms. The third-order valence-electron chi connectivity index (χ3n) is 3.56. The van der Waals surface area contributed by atoms with Crippen LogP contribution >= 0.6 is 0 Å². The molecule has 2 aromatic carbocycles. The molecule has 0 spiro atoms. The number of ether oxygens (including phenoxy) is 2. The number of hydrogen-bond donors (Lipinski definition) is 2. The maximum absolute atomic E-state index is 11.2. The summed E-state index contributed by atoms with van der Waals surface area (Å²) in [4.78, 5) is 11.2. The fraction of sp³-hybridized carbons (Fsp3) is 0.312. The molecule has 2 rings (SSSR count). The van der Waals surface area contributed by atoms with Gasteiger partial charge in [-0.15, -0.1) is 0 Å². The van der Waals surface area contributed by atoms with Crippen LogP contribution in [0.15, 0.2) is 30.3 Å². The highest BCUT2D eigenvalue weighted by molar-refractivity contribution is 5.90. The van der Waals surface area contributed by atoms with Crippen molar-refractivity contribution in [3.63, 3.8) is 0 Å². The van der Waals surface area contributed by atoms with E-state index in [2.05, 4.69) is 0 Å². The van der Waals surface area contributed by atoms with Crippen molar-refractivity contribution >= 4 is 16.7 Å². The van der Waals surface area contributed by atoms with Crippen LogP contribution in [0.4, 0.5) is 0 Å². The Bertz CT molecular complexity index is 654. The molecule has 21 heavy (non-hydrogen) atoms. The van der Waals surface area contributed by atoms with Gasteiger partial charge in [0, 0.05) is 11.9 Å². The number of carboxylic acid groups (broad SMARTS) is 1. The number of hydrogen-bond acceptors (Lipinski definition) is 4. The molecule has 5 nitrogen and oxygen atoms in total. The van der Waals surface area contributed by atoms with E-state index in [1.807, 2.05) is 30.3 Å². The molecule has 1 atom stereocenters. The molecule has 0 heterocycles. The Morgan fingerprint density at radius 3 is 2.52 bits per heavy atom. The first kappa shape index (κ1) is 15.1. The second kappa shape index (κ2) is 6.45. The van der Waals surface area contributed by atoms with E-state index in [-0.39, 0.29) is 6.54 Å². The summed E-state index contributed by atoms with van der Waals surface area (Å²) >= 11 is 0. The molecule has 0 radical (unpaired) electrons. The Kier molecular flexibility index (Phi) is 4.65. The molecule has 3 N–H and O–H groups in total. The highest BCUT2D eigenvalue weighted by Gasteiger charge is 2.19. The Morgan fingerprint density at radius 1 is 1.24 bits per heavy atom. The van der Waals surface area contributed by atoms with Gasteiger partial charge in [0.2, 0.25) is 0 Å². The van der Waals surface area contributed by atoms with Gasteiger partial charge in [-0.05, 0) is 35.6 Å². The molecular weight excluding hydrogens is 270 g/mol. The molecule has 0 unspecified atom stereocenters. The minimum atomic E-state index is -0.903. The van der Waals surface area contributed by atoms with Gasteiger partial charge in [-0.1, -0.05) is 12.1 Å². The van der Waals surface area contributed by atoms with Crippen molar-refractivity contribution in [2.45, 2.75) is 6.42 Å². The van der Waals surface area contributed by atoms with Gasteiger partial charge >= 0.3 is 5.97 Å². The molecule has 0 aliphatic carbocycles. The zero-order valence-corrected chi connectivity index (χ0v) is 12.1. The van der Waals surface area contributed by atoms with Gasteiger partial charge in [-0.3, -0.25) is 4.79 Å². The van der Waals surface area contributed by atoms with E-state index in [1.165, 1.54) is 0 Å². The zero-order chi connectivity index (χ0) is 15.4. The maximum atomic E-state index is 11.2. The van der Waals surface area contributed by atoms with E-state index in [1.54, 1.807) is 14.2 Å². The lowest BCUT2D eigenvalue weighted by atomic mass is 9.96. The van der Waals surface area contributed by atoms with Crippen LogP contribution < -0.4 is 15.2 Å². The summed E-state index contributed by atoms with van der Waals surface area (Å²) in [7, 11) is 3.18. The molecule has 112 valence electrons. The topological polar surface area (TPSA) is 81.8 Å². The van der Waals surface area contributed by atoms with Crippen molar-refractivity contribution in [1.82, 2.24) is 0 Å². The summed E-state index contributed by atoms with van der Waals surface area (Å²) in [6.07, 6.45) is 0.322. The van der Waals surface area contributed by atoms with Crippen LogP contribution in [0.5, 0.6) is 11.5 Å². The van der Waals surface area contributed by atoms with E-state index in [0.717, 1.165) is 22.1 Å². The zero-order valence-electron chi connectivity index (χ0n) is 12.1. The fourth-order valence-electron chi connectivity index (χ4n) is 2.39. The van der Waals surface area contributed by atoms with Gasteiger partial charge in [-0.2, -0.15) is 0 Å². The Morgan fingerprint density at radius 2 is 1.95 bits per heavy atom. The van der Waals surface area contributed by atoms with E-state index < -0.39 is 11.9 Å². The molecule has 0 aliphatic rings. The number of benzene rings is 2. The summed E-state index contributed by atoms with van der Waals surface area (Å²) in [6.45, 7) is 0.0858. The third kappa shape index (κ3) is 3.08. The second-order valence-electron chi connectivity index (χ2n) is 4.82. The number of methoxy groups -OCH3 is 2. The van der Waals surface area contributed by atoms with Crippen molar-refractivity contribution < 1.29 is 19.4 Å². The quantitative estimate of drug-likeness (QED) is 0.850. The lowest BCUT2D eigenvalue weighted by Gasteiger charge is -2.15. The molecule has 0 saturated carbocycles. The van der Waals surface area contributed by atoms with Crippen molar-refractivity contribution in [1.29, 1.82) is 0 Å². The number of fused-ring (bicyclic) bond motifs is 1. The van der Waals surface area contributed by atoms with Crippen LogP contribution in [-0.2, 0) is 11.2 Å². The standard InChI is InChI=1S/C16H19NO4/c1-20-14-5-3-4-10-8-15(21-2)11(7-13(10)14)6-12(9-17)16(18)19/h3-5,7-8,12H,6,9,17H2,1-2H3,(H,18,19)/t12-/m1/s1. The van der Waals surface area contributed by atoms with Crippen molar-refractivity contribution in [3.8, 4) is 11.5 Å². The first-order valence-corrected chi connectivity index (χ1v) is 6.67. The van der Waals surface area contributed by atoms with Crippen LogP contribution in [0.1, 0.15) is 5.56 Å². The number of nitrogens with two attached hydrogens (primary N) is 1. The third-order valence-corrected chi connectivity index (χ3v) is 3.56. The maximum Gasteiger partial charge on any atom is 0.308 e. The van der Waals surface area contributed by atoms with Gasteiger partial charge in [0.15, 0.2) is 0 Å². The minimum absolute atomic E-state index is 0.0858. The average molecular weight is 289 g/mol. The predicted molar refractivity (Wildman–Crippen MR) is 80.9 cm³/mol. The Labute approximate surface area is 123 Å². The van der Waals surface area contributed by atoms with Crippen LogP contribution in [0, 0.1) is 5.92 Å². The first-order chi connectivity index (χ1) is 10.1. The van der Waals surface area contributed by atoms with E-state index in [4.69, 9.17) is 20.3 Å². The summed E-state index contributed by atoms with van der Waals surface area (Å²) in [5.41, 5.74) is 6.35. The van der Waals surface area contributed by atoms with Crippen LogP contribution in [-0.4, -0.2) is 31.8 Å². The normalized spacial score (nSPS) is 12.1. The van der Waals surface area contributed by atoms with Crippen molar-refractivity contribution in [3.05, 3.63) is 35.9 Å². The van der Waals surface area contributed by atoms with Gasteiger partial charge in [0.25, 0.3) is 0 Å². The lowest BCUT2D eigenvalue weighted by Crippen LogP contribution is -2.25. The molecule has 0 aromatic heterocycles. The lowest BCUT2D eigenvalue weighted by molar-refractivity contribution is -0.141. The number of carboxylic acids is 1. The van der Waals surface area contributed by atoms with Gasteiger partial charge < -0.3 is 20.3 Å². The smallest absolute Gasteiger partial charge is 0.308 e. The molecule has 0 saturated heterocycles. The number of aliphatic carboxylic acids is 1. The summed E-state index contributed by atoms with van der Waals surface area (Å²) in [5.74, 6) is -0.128. The minimum Gasteiger partial charge on any atom is -0.496 e. The first-order valence-electron chi connectivity index (χ1n) is 6.67. The SMILES string of the molecule is COc1cc2cccc(OC)c2cc1C[C@H](CN)C(=O)O. The molecular formula is C16H19NO4. The van der Waals surface area contributed by atoms with Gasteiger partial charge in [-0.25, -0.2) is 0 Å². The van der Waals surface area contributed by atoms with Crippen LogP contribution in [0.25, 0.3) is 10.8 Å². The number of carbonyl (C=O) groups is 1. The Balaban J connectivity index is 2.53. The largest absolute Gasteiger partial charge is 0.496 e. The van der Waals surface area contributed by atoms with Gasteiger partial charge in [0.1, 0.15) is 11.5 Å². The summed E-state index contributed by atoms with van der Waals surface area (Å²) in [6, 6.07) is 9.54. The molecule has 0 fully saturated rings. The van der Waals surface area contributed by atoms with E-state index >= 15 is 0 Å². The van der Waals surface area contributed by atoms with Crippen molar-refractivity contribution in [2.24, 2.45) is 11.7 Å². The van der Waals surface area contributed by atoms with Gasteiger partial charge in [0.05, 0.1) is 20.1 Å². The average Bonchev–Trinajstić information content (AvgIpc) is 2.50. The highest BCUT2D eigenvalue weighted by atomic mass is 16.5. The monoisotopic (exact) mass is 289 g/mol. The summed E-state index contributed by atoms with van der Waals surface area (Å²) in [5, 5.41) is 11.1. The molecule has 0 amide bonds. The van der Waals surface area contributed by atoms with E-state index in [0.29, 0.717) is 12.2 Å². The van der Waals surface area contributed by atoms with Crippen LogP contribution in [0.3, 0.4) is 0 Å². The molecule has 5 heteroatoms. The summed E-state index contributed by atoms with van der Waals surface area (Å²) < 4.78 is 10.7. The highest BCUT2D eigenvalue weighted by Crippen LogP contribution is 2.32. The second-order valence-corrected chi connectivity index (χ2v) is 4.82. The number of rotatable bonds is 6.